The fourth-order valence-corrected chi connectivity index (χ4v) is 3.61. The Bertz CT molecular complexity index is 897. The van der Waals surface area contributed by atoms with Crippen LogP contribution in [0, 0.1) is 11.8 Å². The molecule has 6 nitrogen and oxygen atoms in total. The summed E-state index contributed by atoms with van der Waals surface area (Å²) < 4.78 is 12.9. The van der Waals surface area contributed by atoms with Crippen molar-refractivity contribution < 1.29 is 14.2 Å². The maximum Gasteiger partial charge on any atom is 0.210 e. The Kier molecular flexibility index (Phi) is 8.79. The highest BCUT2D eigenvalue weighted by Gasteiger charge is 2.13. The van der Waals surface area contributed by atoms with Crippen LogP contribution in [-0.2, 0) is 11.1 Å². The average Bonchev–Trinajstić information content (AvgIpc) is 3.33. The second-order valence-electron chi connectivity index (χ2n) is 5.23. The van der Waals surface area contributed by atoms with E-state index in [1.54, 1.807) is 30.5 Å². The van der Waals surface area contributed by atoms with E-state index in [9.17, 15) is 5.11 Å². The monoisotopic (exact) mass is 497 g/mol. The smallest absolute Gasteiger partial charge is 0.210 e. The summed E-state index contributed by atoms with van der Waals surface area (Å²) in [5, 5.41) is 13.3. The molecule has 1 unspecified atom stereocenters. The molecular formula is C19H21IN3O3P. The Morgan fingerprint density at radius 2 is 2.04 bits per heavy atom. The fourth-order valence-electron chi connectivity index (χ4n) is 2.23. The molecule has 8 heteroatoms. The standard InChI is InChI=1S/C17H15IN3O3P.C2H6/c1-12(24-25-18)17-19-8-9-21(17)11-14-10-16(23-20-14)7-4-13-2-5-15(22)6-3-13;1-2/h2-3,5-6,8-10,12,22,25H,11H2,1H3;1-2H3/t12-;/m0./s1. The van der Waals surface area contributed by atoms with E-state index in [-0.39, 0.29) is 11.9 Å². The molecule has 0 aliphatic heterocycles. The Labute approximate surface area is 173 Å². The molecule has 142 valence electrons. The third-order valence-electron chi connectivity index (χ3n) is 3.42. The second-order valence-corrected chi connectivity index (χ2v) is 6.94. The molecule has 2 atom stereocenters. The average molecular weight is 497 g/mol. The molecule has 2 heterocycles. The molecule has 1 aromatic carbocycles. The number of halogens is 1. The number of nitrogens with zero attached hydrogens (tertiary/aromatic N) is 3. The van der Waals surface area contributed by atoms with Crippen molar-refractivity contribution in [1.82, 2.24) is 14.7 Å². The van der Waals surface area contributed by atoms with E-state index in [4.69, 9.17) is 9.05 Å². The van der Waals surface area contributed by atoms with Crippen LogP contribution in [0.15, 0.2) is 47.2 Å². The summed E-state index contributed by atoms with van der Waals surface area (Å²) in [6.07, 6.45) is 3.56. The van der Waals surface area contributed by atoms with E-state index in [0.29, 0.717) is 18.8 Å². The first kappa shape index (κ1) is 21.4. The summed E-state index contributed by atoms with van der Waals surface area (Å²) in [5.74, 6) is 7.45. The van der Waals surface area contributed by atoms with Crippen molar-refractivity contribution >= 4 is 28.5 Å². The topological polar surface area (TPSA) is 73.3 Å². The lowest BCUT2D eigenvalue weighted by Gasteiger charge is -2.12. The van der Waals surface area contributed by atoms with Crippen LogP contribution in [0.1, 0.15) is 49.7 Å². The van der Waals surface area contributed by atoms with Gasteiger partial charge in [0, 0.05) is 24.0 Å². The first-order valence-corrected chi connectivity index (χ1v) is 12.5. The summed E-state index contributed by atoms with van der Waals surface area (Å²) in [6, 6.07) is 8.48. The van der Waals surface area contributed by atoms with Crippen LogP contribution >= 0.6 is 28.5 Å². The lowest BCUT2D eigenvalue weighted by molar-refractivity contribution is 0.250. The Morgan fingerprint density at radius 3 is 2.74 bits per heavy atom. The number of phenols is 1. The third-order valence-corrected chi connectivity index (χ3v) is 4.63. The number of imidazole rings is 1. The van der Waals surface area contributed by atoms with Crippen molar-refractivity contribution in [3.05, 3.63) is 65.6 Å². The van der Waals surface area contributed by atoms with E-state index in [1.807, 2.05) is 37.6 Å². The fraction of sp³-hybridized carbons (Fsp3) is 0.263. The molecule has 0 saturated heterocycles. The largest absolute Gasteiger partial charge is 0.508 e. The zero-order valence-corrected chi connectivity index (χ0v) is 18.5. The van der Waals surface area contributed by atoms with Gasteiger partial charge in [-0.1, -0.05) is 24.9 Å². The summed E-state index contributed by atoms with van der Waals surface area (Å²) in [7, 11) is 0. The highest BCUT2D eigenvalue weighted by atomic mass is 127. The van der Waals surface area contributed by atoms with Crippen LogP contribution in [-0.4, -0.2) is 19.8 Å². The van der Waals surface area contributed by atoms with Gasteiger partial charge >= 0.3 is 0 Å². The van der Waals surface area contributed by atoms with Crippen LogP contribution in [0.25, 0.3) is 0 Å². The van der Waals surface area contributed by atoms with Crippen molar-refractivity contribution in [3.63, 3.8) is 0 Å². The van der Waals surface area contributed by atoms with Crippen molar-refractivity contribution in [2.45, 2.75) is 33.4 Å². The Balaban J connectivity index is 0.00000126. The van der Waals surface area contributed by atoms with Crippen molar-refractivity contribution in [2.24, 2.45) is 0 Å². The van der Waals surface area contributed by atoms with Gasteiger partial charge in [0.25, 0.3) is 0 Å². The molecule has 0 spiro atoms. The Hall–Kier alpha value is -1.88. The predicted molar refractivity (Wildman–Crippen MR) is 115 cm³/mol. The number of phenolic OH excluding ortho intramolecular Hbond substituents is 1. The van der Waals surface area contributed by atoms with Gasteiger partial charge in [0.15, 0.2) is 0 Å². The Morgan fingerprint density at radius 1 is 1.30 bits per heavy atom. The van der Waals surface area contributed by atoms with Gasteiger partial charge in [-0.2, -0.15) is 0 Å². The summed E-state index contributed by atoms with van der Waals surface area (Å²) in [6.45, 7) is 6.89. The highest BCUT2D eigenvalue weighted by Crippen LogP contribution is 2.31. The zero-order chi connectivity index (χ0) is 19.6. The predicted octanol–water partition coefficient (Wildman–Crippen LogP) is 5.07. The van der Waals surface area contributed by atoms with Crippen LogP contribution in [0.4, 0.5) is 0 Å². The SMILES string of the molecule is CC.C[C@H](OPI)c1nccn1Cc1cc(C#Cc2ccc(O)cc2)on1. The second kappa shape index (κ2) is 11.1. The van der Waals surface area contributed by atoms with Gasteiger partial charge in [-0.3, -0.25) is 0 Å². The number of hydrogen-bond acceptors (Lipinski definition) is 5. The molecule has 0 fully saturated rings. The van der Waals surface area contributed by atoms with Crippen molar-refractivity contribution in [1.29, 1.82) is 0 Å². The lowest BCUT2D eigenvalue weighted by Crippen LogP contribution is -2.08. The first-order valence-electron chi connectivity index (χ1n) is 8.44. The summed E-state index contributed by atoms with van der Waals surface area (Å²) in [5.41, 5.74) is 1.55. The molecular weight excluding hydrogens is 476 g/mol. The van der Waals surface area contributed by atoms with Gasteiger partial charge in [-0.25, -0.2) is 4.98 Å². The first-order chi connectivity index (χ1) is 13.2. The van der Waals surface area contributed by atoms with Crippen LogP contribution in [0.2, 0.25) is 0 Å². The number of hydrogen-bond donors (Lipinski definition) is 1. The molecule has 1 N–H and O–H groups in total. The van der Waals surface area contributed by atoms with Gasteiger partial charge in [-0.05, 0) is 59.2 Å². The van der Waals surface area contributed by atoms with E-state index in [0.717, 1.165) is 17.1 Å². The molecule has 2 aromatic heterocycles. The molecule has 0 saturated carbocycles. The van der Waals surface area contributed by atoms with Crippen molar-refractivity contribution in [3.8, 4) is 17.6 Å². The maximum atomic E-state index is 9.27. The van der Waals surface area contributed by atoms with Crippen LogP contribution < -0.4 is 0 Å². The van der Waals surface area contributed by atoms with E-state index in [2.05, 4.69) is 44.0 Å². The van der Waals surface area contributed by atoms with Crippen LogP contribution in [0.3, 0.4) is 0 Å². The normalized spacial score (nSPS) is 11.6. The van der Waals surface area contributed by atoms with Crippen molar-refractivity contribution in [2.75, 3.05) is 0 Å². The van der Waals surface area contributed by atoms with Gasteiger partial charge < -0.3 is 18.7 Å². The molecule has 3 aromatic rings. The highest BCUT2D eigenvalue weighted by molar-refractivity contribution is 14.2. The van der Waals surface area contributed by atoms with E-state index >= 15 is 0 Å². The quantitative estimate of drug-likeness (QED) is 0.303. The molecule has 0 aliphatic carbocycles. The number of aromatic nitrogens is 3. The third kappa shape index (κ3) is 6.35. The van der Waals surface area contributed by atoms with Crippen LogP contribution in [0.5, 0.6) is 5.75 Å². The summed E-state index contributed by atoms with van der Waals surface area (Å²) >= 11 is 2.19. The van der Waals surface area contributed by atoms with Gasteiger partial charge in [0.2, 0.25) is 5.76 Å². The molecule has 0 bridgehead atoms. The van der Waals surface area contributed by atoms with Gasteiger partial charge in [-0.15, -0.1) is 0 Å². The van der Waals surface area contributed by atoms with Gasteiger partial charge in [0.1, 0.15) is 23.4 Å². The molecule has 3 rings (SSSR count). The van der Waals surface area contributed by atoms with Gasteiger partial charge in [0.05, 0.1) is 13.0 Å². The number of benzene rings is 1. The molecule has 0 amide bonds. The molecule has 0 aliphatic rings. The molecule has 0 radical (unpaired) electrons. The number of rotatable bonds is 5. The van der Waals surface area contributed by atoms with E-state index < -0.39 is 0 Å². The summed E-state index contributed by atoms with van der Waals surface area (Å²) in [4.78, 5) is 4.35. The molecule has 27 heavy (non-hydrogen) atoms. The minimum atomic E-state index is -0.0779. The minimum Gasteiger partial charge on any atom is -0.508 e. The van der Waals surface area contributed by atoms with E-state index in [1.165, 1.54) is 0 Å². The zero-order valence-electron chi connectivity index (χ0n) is 15.3. The minimum absolute atomic E-state index is 0.0779. The maximum absolute atomic E-state index is 9.27. The number of aromatic hydroxyl groups is 1. The lowest BCUT2D eigenvalue weighted by atomic mass is 10.2.